The van der Waals surface area contributed by atoms with E-state index in [4.69, 9.17) is 4.74 Å². The number of anilines is 1. The highest BCUT2D eigenvalue weighted by molar-refractivity contribution is 5.79. The number of hydrogen-bond donors (Lipinski definition) is 1. The quantitative estimate of drug-likeness (QED) is 0.885. The van der Waals surface area contributed by atoms with Crippen LogP contribution in [-0.2, 0) is 11.2 Å². The zero-order valence-electron chi connectivity index (χ0n) is 11.0. The summed E-state index contributed by atoms with van der Waals surface area (Å²) in [5.74, 6) is 0.996. The van der Waals surface area contributed by atoms with Gasteiger partial charge in [-0.1, -0.05) is 6.07 Å². The average Bonchev–Trinajstić information content (AvgIpc) is 2.92. The van der Waals surface area contributed by atoms with E-state index in [0.717, 1.165) is 42.9 Å². The van der Waals surface area contributed by atoms with Gasteiger partial charge in [0.1, 0.15) is 5.75 Å². The van der Waals surface area contributed by atoms with Crippen molar-refractivity contribution in [3.05, 3.63) is 23.8 Å². The molecule has 2 rings (SSSR count). The minimum absolute atomic E-state index is 0.215. The van der Waals surface area contributed by atoms with Gasteiger partial charge in [0.25, 0.3) is 0 Å². The van der Waals surface area contributed by atoms with Crippen molar-refractivity contribution in [2.45, 2.75) is 19.3 Å². The van der Waals surface area contributed by atoms with Crippen molar-refractivity contribution in [3.8, 4) is 5.75 Å². The summed E-state index contributed by atoms with van der Waals surface area (Å²) in [5, 5.41) is 3.06. The highest BCUT2D eigenvalue weighted by Gasteiger charge is 2.18. The summed E-state index contributed by atoms with van der Waals surface area (Å²) in [4.78, 5) is 14.0. The summed E-state index contributed by atoms with van der Waals surface area (Å²) in [6.07, 6.45) is 2.72. The summed E-state index contributed by atoms with van der Waals surface area (Å²) >= 11 is 0. The van der Waals surface area contributed by atoms with Crippen molar-refractivity contribution in [3.63, 3.8) is 0 Å². The van der Waals surface area contributed by atoms with Gasteiger partial charge in [0.05, 0.1) is 19.2 Å². The number of benzene rings is 1. The number of hydrogen-bond acceptors (Lipinski definition) is 3. The smallest absolute Gasteiger partial charge is 0.226 e. The van der Waals surface area contributed by atoms with Crippen LogP contribution in [-0.4, -0.2) is 38.1 Å². The molecule has 18 heavy (non-hydrogen) atoms. The Balaban J connectivity index is 2.06. The Morgan fingerprint density at radius 3 is 2.72 bits per heavy atom. The van der Waals surface area contributed by atoms with Crippen LogP contribution in [0.2, 0.25) is 0 Å². The Bertz CT molecular complexity index is 426. The van der Waals surface area contributed by atoms with Crippen molar-refractivity contribution in [2.24, 2.45) is 0 Å². The molecule has 0 unspecified atom stereocenters. The lowest BCUT2D eigenvalue weighted by Gasteiger charge is -2.16. The molecule has 1 saturated heterocycles. The minimum Gasteiger partial charge on any atom is -0.495 e. The van der Waals surface area contributed by atoms with Crippen molar-refractivity contribution < 1.29 is 9.53 Å². The molecule has 0 saturated carbocycles. The van der Waals surface area contributed by atoms with Crippen LogP contribution in [0.3, 0.4) is 0 Å². The molecule has 0 aromatic heterocycles. The molecule has 0 aliphatic carbocycles. The van der Waals surface area contributed by atoms with E-state index in [1.165, 1.54) is 0 Å². The van der Waals surface area contributed by atoms with Crippen molar-refractivity contribution >= 4 is 11.6 Å². The second kappa shape index (κ2) is 5.76. The lowest BCUT2D eigenvalue weighted by atomic mass is 10.1. The van der Waals surface area contributed by atoms with Crippen LogP contribution in [0.15, 0.2) is 18.2 Å². The van der Waals surface area contributed by atoms with E-state index >= 15 is 0 Å². The standard InChI is InChI=1S/C14H20N2O2/c1-15-12-6-5-11(9-13(12)18-2)10-14(17)16-7-3-4-8-16/h5-6,9,15H,3-4,7-8,10H2,1-2H3. The van der Waals surface area contributed by atoms with E-state index in [2.05, 4.69) is 5.32 Å². The van der Waals surface area contributed by atoms with Gasteiger partial charge in [-0.3, -0.25) is 4.79 Å². The van der Waals surface area contributed by atoms with Gasteiger partial charge in [0.15, 0.2) is 0 Å². The number of nitrogens with zero attached hydrogens (tertiary/aromatic N) is 1. The third-order valence-electron chi connectivity index (χ3n) is 3.35. The first kappa shape index (κ1) is 12.7. The normalized spacial score (nSPS) is 14.7. The second-order valence-electron chi connectivity index (χ2n) is 4.55. The Labute approximate surface area is 108 Å². The molecular formula is C14H20N2O2. The number of carbonyl (C=O) groups is 1. The molecule has 98 valence electrons. The first-order chi connectivity index (χ1) is 8.74. The Morgan fingerprint density at radius 1 is 1.39 bits per heavy atom. The van der Waals surface area contributed by atoms with Gasteiger partial charge in [0.2, 0.25) is 5.91 Å². The van der Waals surface area contributed by atoms with Gasteiger partial charge < -0.3 is 15.0 Å². The zero-order valence-corrected chi connectivity index (χ0v) is 11.0. The summed E-state index contributed by atoms with van der Waals surface area (Å²) in [6.45, 7) is 1.81. The van der Waals surface area contributed by atoms with Crippen LogP contribution in [0.5, 0.6) is 5.75 Å². The molecular weight excluding hydrogens is 228 g/mol. The van der Waals surface area contributed by atoms with E-state index in [1.54, 1.807) is 7.11 Å². The Kier molecular flexibility index (Phi) is 4.07. The average molecular weight is 248 g/mol. The second-order valence-corrected chi connectivity index (χ2v) is 4.55. The highest BCUT2D eigenvalue weighted by Crippen LogP contribution is 2.25. The molecule has 4 nitrogen and oxygen atoms in total. The number of rotatable bonds is 4. The fourth-order valence-electron chi connectivity index (χ4n) is 2.31. The Morgan fingerprint density at radius 2 is 2.11 bits per heavy atom. The number of nitrogens with one attached hydrogen (secondary N) is 1. The highest BCUT2D eigenvalue weighted by atomic mass is 16.5. The third kappa shape index (κ3) is 2.75. The summed E-state index contributed by atoms with van der Waals surface area (Å²) in [7, 11) is 3.50. The predicted molar refractivity (Wildman–Crippen MR) is 72.1 cm³/mol. The minimum atomic E-state index is 0.215. The van der Waals surface area contributed by atoms with E-state index in [-0.39, 0.29) is 5.91 Å². The summed E-state index contributed by atoms with van der Waals surface area (Å²) in [6, 6.07) is 5.85. The van der Waals surface area contributed by atoms with Crippen LogP contribution >= 0.6 is 0 Å². The first-order valence-corrected chi connectivity index (χ1v) is 6.37. The van der Waals surface area contributed by atoms with Gasteiger partial charge in [-0.25, -0.2) is 0 Å². The van der Waals surface area contributed by atoms with Crippen molar-refractivity contribution in [1.29, 1.82) is 0 Å². The SMILES string of the molecule is CNc1ccc(CC(=O)N2CCCC2)cc1OC. The molecule has 0 atom stereocenters. The third-order valence-corrected chi connectivity index (χ3v) is 3.35. The molecule has 0 spiro atoms. The van der Waals surface area contributed by atoms with Crippen molar-refractivity contribution in [2.75, 3.05) is 32.6 Å². The zero-order chi connectivity index (χ0) is 13.0. The Hall–Kier alpha value is -1.71. The van der Waals surface area contributed by atoms with Gasteiger partial charge in [-0.2, -0.15) is 0 Å². The van der Waals surface area contributed by atoms with Crippen LogP contribution < -0.4 is 10.1 Å². The molecule has 1 aromatic carbocycles. The number of ether oxygens (including phenoxy) is 1. The topological polar surface area (TPSA) is 41.6 Å². The van der Waals surface area contributed by atoms with Crippen LogP contribution in [0.1, 0.15) is 18.4 Å². The predicted octanol–water partition coefficient (Wildman–Crippen LogP) is 1.90. The molecule has 1 amide bonds. The van der Waals surface area contributed by atoms with Crippen molar-refractivity contribution in [1.82, 2.24) is 4.90 Å². The molecule has 0 radical (unpaired) electrons. The fraction of sp³-hybridized carbons (Fsp3) is 0.500. The first-order valence-electron chi connectivity index (χ1n) is 6.37. The molecule has 1 N–H and O–H groups in total. The number of methoxy groups -OCH3 is 1. The summed E-state index contributed by atoms with van der Waals surface area (Å²) in [5.41, 5.74) is 1.94. The fourth-order valence-corrected chi connectivity index (χ4v) is 2.31. The number of amides is 1. The molecule has 1 heterocycles. The maximum Gasteiger partial charge on any atom is 0.226 e. The van der Waals surface area contributed by atoms with E-state index < -0.39 is 0 Å². The van der Waals surface area contributed by atoms with E-state index in [9.17, 15) is 4.79 Å². The number of likely N-dealkylation sites (tertiary alicyclic amines) is 1. The van der Waals surface area contributed by atoms with E-state index in [0.29, 0.717) is 6.42 Å². The van der Waals surface area contributed by atoms with Crippen LogP contribution in [0.25, 0.3) is 0 Å². The maximum atomic E-state index is 12.0. The van der Waals surface area contributed by atoms with Gasteiger partial charge in [-0.05, 0) is 30.5 Å². The van der Waals surface area contributed by atoms with Gasteiger partial charge in [0, 0.05) is 20.1 Å². The molecule has 4 heteroatoms. The summed E-state index contributed by atoms with van der Waals surface area (Å²) < 4.78 is 5.30. The molecule has 1 aromatic rings. The molecule has 1 aliphatic rings. The van der Waals surface area contributed by atoms with Gasteiger partial charge in [-0.15, -0.1) is 0 Å². The largest absolute Gasteiger partial charge is 0.495 e. The molecule has 0 bridgehead atoms. The number of carbonyl (C=O) groups excluding carboxylic acids is 1. The molecule has 1 fully saturated rings. The van der Waals surface area contributed by atoms with Gasteiger partial charge >= 0.3 is 0 Å². The van der Waals surface area contributed by atoms with Crippen LogP contribution in [0, 0.1) is 0 Å². The maximum absolute atomic E-state index is 12.0. The monoisotopic (exact) mass is 248 g/mol. The molecule has 1 aliphatic heterocycles. The lowest BCUT2D eigenvalue weighted by Crippen LogP contribution is -2.29. The van der Waals surface area contributed by atoms with E-state index in [1.807, 2.05) is 30.1 Å². The van der Waals surface area contributed by atoms with Crippen LogP contribution in [0.4, 0.5) is 5.69 Å². The lowest BCUT2D eigenvalue weighted by molar-refractivity contribution is -0.129.